The van der Waals surface area contributed by atoms with E-state index < -0.39 is 5.60 Å². The molecule has 1 amide bonds. The van der Waals surface area contributed by atoms with Crippen LogP contribution in [0.4, 0.5) is 4.79 Å². The van der Waals surface area contributed by atoms with Crippen LogP contribution in [-0.4, -0.2) is 49.9 Å². The van der Waals surface area contributed by atoms with Gasteiger partial charge in [0, 0.05) is 19.2 Å². The van der Waals surface area contributed by atoms with E-state index in [-0.39, 0.29) is 30.4 Å². The summed E-state index contributed by atoms with van der Waals surface area (Å²) in [6.45, 7) is 6.99. The highest BCUT2D eigenvalue weighted by Crippen LogP contribution is 2.30. The standard InChI is InChI=1S/C35H36N4O6/c1-35(2,3)45-34(41)38-20-27(21-38)44-26-15-16-28-30(19-26)37(4)33(40)39(28)29-17-18-31(42-22-24-11-7-5-8-12-24)36-32(29)43-23-25-13-9-6-10-14-25/h5-19,27H,20-23H2,1-4H3. The number of aromatic nitrogens is 3. The van der Waals surface area contributed by atoms with Gasteiger partial charge < -0.3 is 23.8 Å². The monoisotopic (exact) mass is 608 g/mol. The number of likely N-dealkylation sites (tertiary alicyclic amines) is 1. The fourth-order valence-corrected chi connectivity index (χ4v) is 5.03. The van der Waals surface area contributed by atoms with Gasteiger partial charge in [-0.15, -0.1) is 0 Å². The zero-order chi connectivity index (χ0) is 31.6. The second kappa shape index (κ2) is 12.4. The van der Waals surface area contributed by atoms with Crippen LogP contribution in [-0.2, 0) is 25.0 Å². The van der Waals surface area contributed by atoms with Crippen LogP contribution in [0.25, 0.3) is 16.7 Å². The Morgan fingerprint density at radius 1 is 0.844 bits per heavy atom. The van der Waals surface area contributed by atoms with Crippen molar-refractivity contribution in [3.63, 3.8) is 0 Å². The zero-order valence-electron chi connectivity index (χ0n) is 25.8. The third-order valence-corrected chi connectivity index (χ3v) is 7.33. The van der Waals surface area contributed by atoms with Gasteiger partial charge in [0.15, 0.2) is 0 Å². The van der Waals surface area contributed by atoms with Crippen molar-refractivity contribution in [2.45, 2.75) is 45.7 Å². The second-order valence-electron chi connectivity index (χ2n) is 12.0. The second-order valence-corrected chi connectivity index (χ2v) is 12.0. The molecule has 0 atom stereocenters. The molecule has 6 rings (SSSR count). The van der Waals surface area contributed by atoms with Gasteiger partial charge >= 0.3 is 11.8 Å². The Labute approximate surface area is 261 Å². The third kappa shape index (κ3) is 6.80. The molecule has 3 heterocycles. The molecule has 2 aromatic heterocycles. The molecule has 3 aromatic carbocycles. The van der Waals surface area contributed by atoms with Gasteiger partial charge in [-0.05, 0) is 50.1 Å². The van der Waals surface area contributed by atoms with E-state index in [2.05, 4.69) is 4.98 Å². The lowest BCUT2D eigenvalue weighted by molar-refractivity contribution is -0.0221. The fraction of sp³-hybridized carbons (Fsp3) is 0.286. The molecule has 1 aliphatic heterocycles. The number of pyridine rings is 1. The molecule has 0 radical (unpaired) electrons. The average molecular weight is 609 g/mol. The summed E-state index contributed by atoms with van der Waals surface area (Å²) in [6.07, 6.45) is -0.521. The van der Waals surface area contributed by atoms with Crippen molar-refractivity contribution < 1.29 is 23.7 Å². The summed E-state index contributed by atoms with van der Waals surface area (Å²) in [4.78, 5) is 32.2. The van der Waals surface area contributed by atoms with Gasteiger partial charge in [0.25, 0.3) is 0 Å². The Bertz CT molecular complexity index is 1850. The van der Waals surface area contributed by atoms with Crippen LogP contribution in [0.3, 0.4) is 0 Å². The highest BCUT2D eigenvalue weighted by atomic mass is 16.6. The number of fused-ring (bicyclic) bond motifs is 1. The number of carbonyl (C=O) groups excluding carboxylic acids is 1. The largest absolute Gasteiger partial charge is 0.487 e. The van der Waals surface area contributed by atoms with Crippen molar-refractivity contribution in [2.75, 3.05) is 13.1 Å². The number of rotatable bonds is 9. The summed E-state index contributed by atoms with van der Waals surface area (Å²) in [5.74, 6) is 1.26. The van der Waals surface area contributed by atoms with Gasteiger partial charge in [-0.3, -0.25) is 9.13 Å². The molecular formula is C35H36N4O6. The Hall–Kier alpha value is -5.25. The molecule has 0 unspecified atom stereocenters. The van der Waals surface area contributed by atoms with E-state index in [1.807, 2.05) is 99.6 Å². The number of benzene rings is 3. The molecule has 232 valence electrons. The van der Waals surface area contributed by atoms with Crippen molar-refractivity contribution in [3.05, 3.63) is 113 Å². The summed E-state index contributed by atoms with van der Waals surface area (Å²) in [5, 5.41) is 0. The number of amides is 1. The third-order valence-electron chi connectivity index (χ3n) is 7.33. The van der Waals surface area contributed by atoms with Gasteiger partial charge in [0.2, 0.25) is 11.8 Å². The van der Waals surface area contributed by atoms with Gasteiger partial charge in [0.1, 0.15) is 36.4 Å². The maximum Gasteiger partial charge on any atom is 0.410 e. The molecule has 0 saturated carbocycles. The van der Waals surface area contributed by atoms with E-state index in [0.29, 0.717) is 48.0 Å². The maximum absolute atomic E-state index is 13.7. The quantitative estimate of drug-likeness (QED) is 0.206. The molecule has 5 aromatic rings. The summed E-state index contributed by atoms with van der Waals surface area (Å²) in [7, 11) is 1.72. The Balaban J connectivity index is 1.25. The topological polar surface area (TPSA) is 97.0 Å². The van der Waals surface area contributed by atoms with E-state index in [4.69, 9.17) is 18.9 Å². The Morgan fingerprint density at radius 2 is 1.49 bits per heavy atom. The van der Waals surface area contributed by atoms with Crippen LogP contribution in [0.1, 0.15) is 31.9 Å². The first-order valence-electron chi connectivity index (χ1n) is 14.9. The van der Waals surface area contributed by atoms with Gasteiger partial charge in [-0.2, -0.15) is 4.98 Å². The number of nitrogens with zero attached hydrogens (tertiary/aromatic N) is 4. The molecular weight excluding hydrogens is 572 g/mol. The first kappa shape index (κ1) is 29.8. The normalized spacial score (nSPS) is 13.4. The van der Waals surface area contributed by atoms with Gasteiger partial charge in [-0.25, -0.2) is 9.59 Å². The first-order valence-corrected chi connectivity index (χ1v) is 14.9. The maximum atomic E-state index is 13.7. The molecule has 1 saturated heterocycles. The highest BCUT2D eigenvalue weighted by Gasteiger charge is 2.35. The van der Waals surface area contributed by atoms with Gasteiger partial charge in [-0.1, -0.05) is 60.7 Å². The number of hydrogen-bond acceptors (Lipinski definition) is 7. The lowest BCUT2D eigenvalue weighted by Gasteiger charge is -2.39. The summed E-state index contributed by atoms with van der Waals surface area (Å²) < 4.78 is 26.9. The van der Waals surface area contributed by atoms with Crippen molar-refractivity contribution in [1.82, 2.24) is 19.0 Å². The number of aryl methyl sites for hydroxylation is 1. The van der Waals surface area contributed by atoms with Crippen molar-refractivity contribution in [1.29, 1.82) is 0 Å². The molecule has 10 nitrogen and oxygen atoms in total. The van der Waals surface area contributed by atoms with E-state index in [1.165, 1.54) is 0 Å². The van der Waals surface area contributed by atoms with Crippen LogP contribution in [0.5, 0.6) is 17.5 Å². The van der Waals surface area contributed by atoms with Crippen molar-refractivity contribution in [3.8, 4) is 23.2 Å². The van der Waals surface area contributed by atoms with E-state index >= 15 is 0 Å². The predicted molar refractivity (Wildman–Crippen MR) is 170 cm³/mol. The SMILES string of the molecule is Cn1c(=O)n(-c2ccc(OCc3ccccc3)nc2OCc2ccccc2)c2ccc(OC3CN(C(=O)OC(C)(C)C)C3)cc21. The number of ether oxygens (including phenoxy) is 4. The van der Waals surface area contributed by atoms with E-state index in [1.54, 1.807) is 33.2 Å². The lowest BCUT2D eigenvalue weighted by atomic mass is 10.1. The number of hydrogen-bond donors (Lipinski definition) is 0. The highest BCUT2D eigenvalue weighted by molar-refractivity contribution is 5.80. The smallest absolute Gasteiger partial charge is 0.410 e. The summed E-state index contributed by atoms with van der Waals surface area (Å²) >= 11 is 0. The van der Waals surface area contributed by atoms with Crippen molar-refractivity contribution in [2.24, 2.45) is 7.05 Å². The van der Waals surface area contributed by atoms with Crippen LogP contribution in [0.15, 0.2) is 95.8 Å². The lowest BCUT2D eigenvalue weighted by Crippen LogP contribution is -2.57. The minimum absolute atomic E-state index is 0.167. The molecule has 10 heteroatoms. The molecule has 0 N–H and O–H groups in total. The van der Waals surface area contributed by atoms with Gasteiger partial charge in [0.05, 0.1) is 24.1 Å². The zero-order valence-corrected chi connectivity index (χ0v) is 25.8. The van der Waals surface area contributed by atoms with E-state index in [9.17, 15) is 9.59 Å². The summed E-state index contributed by atoms with van der Waals surface area (Å²) in [6, 6.07) is 28.6. The fourth-order valence-electron chi connectivity index (χ4n) is 5.03. The molecule has 0 bridgehead atoms. The molecule has 1 aliphatic rings. The first-order chi connectivity index (χ1) is 21.6. The van der Waals surface area contributed by atoms with Crippen LogP contribution in [0, 0.1) is 0 Å². The summed E-state index contributed by atoms with van der Waals surface area (Å²) in [5.41, 5.74) is 3.01. The van der Waals surface area contributed by atoms with E-state index in [0.717, 1.165) is 11.1 Å². The number of imidazole rings is 1. The van der Waals surface area contributed by atoms with Crippen molar-refractivity contribution >= 4 is 17.1 Å². The molecule has 1 fully saturated rings. The minimum Gasteiger partial charge on any atom is -0.487 e. The minimum atomic E-state index is -0.552. The number of carbonyl (C=O) groups is 1. The van der Waals surface area contributed by atoms with Crippen LogP contribution in [0.2, 0.25) is 0 Å². The van der Waals surface area contributed by atoms with Crippen LogP contribution < -0.4 is 19.9 Å². The van der Waals surface area contributed by atoms with Crippen LogP contribution >= 0.6 is 0 Å². The predicted octanol–water partition coefficient (Wildman–Crippen LogP) is 5.88. The Morgan fingerprint density at radius 3 is 2.13 bits per heavy atom. The Kier molecular flexibility index (Phi) is 8.21. The molecule has 0 spiro atoms. The molecule has 45 heavy (non-hydrogen) atoms. The molecule has 0 aliphatic carbocycles. The average Bonchev–Trinajstić information content (AvgIpc) is 3.25.